The molecule has 1 atom stereocenters. The van der Waals surface area contributed by atoms with Gasteiger partial charge in [-0.3, -0.25) is 9.59 Å². The number of carboxylic acid groups (broad SMARTS) is 2. The number of aliphatic carboxylic acids is 2. The van der Waals surface area contributed by atoms with E-state index in [1.165, 1.54) is 0 Å². The maximum Gasteiger partial charge on any atom is 0.320 e. The quantitative estimate of drug-likeness (QED) is 0.506. The monoisotopic (exact) mass is 251 g/mol. The molecule has 0 aromatic rings. The van der Waals surface area contributed by atoms with E-state index in [0.29, 0.717) is 0 Å². The van der Waals surface area contributed by atoms with Gasteiger partial charge in [0.1, 0.15) is 6.04 Å². The Morgan fingerprint density at radius 3 is 2.00 bits per heavy atom. The first kappa shape index (κ1) is 17.8. The van der Waals surface area contributed by atoms with Crippen LogP contribution in [-0.4, -0.2) is 36.6 Å². The normalized spacial score (nSPS) is 10.4. The predicted octanol–water partition coefficient (Wildman–Crippen LogP) is -1.92. The molecule has 0 amide bonds. The van der Waals surface area contributed by atoms with E-state index in [1.54, 1.807) is 0 Å². The van der Waals surface area contributed by atoms with Crippen LogP contribution in [-0.2, 0) is 35.8 Å². The Morgan fingerprint density at radius 2 is 1.75 bits per heavy atom. The summed E-state index contributed by atoms with van der Waals surface area (Å²) in [5, 5.41) is 16.3. The van der Waals surface area contributed by atoms with Gasteiger partial charge in [-0.1, -0.05) is 0 Å². The first-order chi connectivity index (χ1) is 4.54. The molecule has 0 fully saturated rings. The Bertz CT molecular complexity index is 154. The van der Waals surface area contributed by atoms with Crippen LogP contribution >= 0.6 is 0 Å². The molecule has 0 heterocycles. The molecule has 7 heteroatoms. The van der Waals surface area contributed by atoms with Gasteiger partial charge in [0, 0.05) is 32.6 Å². The zero-order valence-electron chi connectivity index (χ0n) is 5.78. The van der Waals surface area contributed by atoms with Crippen LogP contribution in [0.4, 0.5) is 0 Å². The fourth-order valence-corrected chi connectivity index (χ4v) is 0.402. The van der Waals surface area contributed by atoms with E-state index in [9.17, 15) is 9.59 Å². The van der Waals surface area contributed by atoms with E-state index < -0.39 is 18.0 Å². The third kappa shape index (κ3) is 9.85. The topological polar surface area (TPSA) is 101 Å². The molecule has 0 saturated carbocycles. The van der Waals surface area contributed by atoms with E-state index in [1.807, 2.05) is 0 Å². The number of rotatable bonds is 4. The summed E-state index contributed by atoms with van der Waals surface area (Å²) in [6.07, 6.45) is -0.224. The summed E-state index contributed by atoms with van der Waals surface area (Å²) in [4.78, 5) is 19.9. The van der Waals surface area contributed by atoms with Gasteiger partial charge in [-0.05, 0) is 6.42 Å². The van der Waals surface area contributed by atoms with Crippen molar-refractivity contribution in [1.82, 2.24) is 0 Å². The third-order valence-corrected chi connectivity index (χ3v) is 0.986. The first-order valence-electron chi connectivity index (χ1n) is 2.74. The summed E-state index contributed by atoms with van der Waals surface area (Å²) in [5.74, 6) is -2.20. The molecule has 0 rings (SSSR count). The van der Waals surface area contributed by atoms with Crippen LogP contribution in [0.15, 0.2) is 0 Å². The molecule has 0 aliphatic carbocycles. The van der Waals surface area contributed by atoms with E-state index >= 15 is 0 Å². The molecule has 12 heavy (non-hydrogen) atoms. The molecule has 0 bridgehead atoms. The Kier molecular flexibility index (Phi) is 13.3. The number of hydrogen-bond acceptors (Lipinski definition) is 3. The fourth-order valence-electron chi connectivity index (χ4n) is 0.402. The second-order valence-corrected chi connectivity index (χ2v) is 1.88. The van der Waals surface area contributed by atoms with Crippen LogP contribution in [0.25, 0.3) is 0 Å². The fraction of sp³-hybridized carbons (Fsp3) is 0.600. The molecule has 0 aromatic heterocycles. The molecule has 0 aromatic carbocycles. The SMILES string of the molecule is B.NC(CCC(=O)O)C(=O)O.[Zr]. The van der Waals surface area contributed by atoms with E-state index in [0.717, 1.165) is 0 Å². The largest absolute Gasteiger partial charge is 0.481 e. The van der Waals surface area contributed by atoms with Crippen LogP contribution < -0.4 is 5.73 Å². The van der Waals surface area contributed by atoms with Crippen LogP contribution in [0.3, 0.4) is 0 Å². The Balaban J connectivity index is -0.000000405. The zero-order valence-corrected chi connectivity index (χ0v) is 8.24. The summed E-state index contributed by atoms with van der Waals surface area (Å²) in [7, 11) is 0. The summed E-state index contributed by atoms with van der Waals surface area (Å²) < 4.78 is 0. The van der Waals surface area contributed by atoms with Gasteiger partial charge in [0.15, 0.2) is 0 Å². The minimum absolute atomic E-state index is 0. The van der Waals surface area contributed by atoms with Gasteiger partial charge in [0.25, 0.3) is 0 Å². The summed E-state index contributed by atoms with van der Waals surface area (Å²) >= 11 is 0. The Hall–Kier alpha value is -0.152. The van der Waals surface area contributed by atoms with Gasteiger partial charge >= 0.3 is 11.9 Å². The van der Waals surface area contributed by atoms with Gasteiger partial charge in [0.05, 0.1) is 8.41 Å². The average molecular weight is 252 g/mol. The molecule has 0 aliphatic heterocycles. The van der Waals surface area contributed by atoms with Crippen molar-refractivity contribution in [2.24, 2.45) is 5.73 Å². The van der Waals surface area contributed by atoms with E-state index in [-0.39, 0.29) is 47.5 Å². The Labute approximate surface area is 91.0 Å². The third-order valence-electron chi connectivity index (χ3n) is 0.986. The molecule has 0 aliphatic rings. The second kappa shape index (κ2) is 8.94. The van der Waals surface area contributed by atoms with E-state index in [2.05, 4.69) is 0 Å². The smallest absolute Gasteiger partial charge is 0.320 e. The summed E-state index contributed by atoms with van der Waals surface area (Å²) in [6, 6.07) is -1.06. The maximum atomic E-state index is 9.99. The number of carbonyl (C=O) groups is 2. The number of hydrogen-bond donors (Lipinski definition) is 3. The molecule has 0 spiro atoms. The number of nitrogens with two attached hydrogens (primary N) is 1. The minimum atomic E-state index is -1.17. The molecule has 1 unspecified atom stereocenters. The van der Waals surface area contributed by atoms with Crippen molar-refractivity contribution in [1.29, 1.82) is 0 Å². The van der Waals surface area contributed by atoms with Crippen LogP contribution in [0.1, 0.15) is 12.8 Å². The Morgan fingerprint density at radius 1 is 1.33 bits per heavy atom. The van der Waals surface area contributed by atoms with Crippen molar-refractivity contribution in [2.45, 2.75) is 18.9 Å². The molecule has 0 saturated heterocycles. The van der Waals surface area contributed by atoms with Crippen molar-refractivity contribution < 1.29 is 46.0 Å². The van der Waals surface area contributed by atoms with Gasteiger partial charge < -0.3 is 15.9 Å². The molecule has 4 N–H and O–H groups in total. The predicted molar refractivity (Wildman–Crippen MR) is 42.4 cm³/mol. The second-order valence-electron chi connectivity index (χ2n) is 1.88. The van der Waals surface area contributed by atoms with Crippen LogP contribution in [0.2, 0.25) is 0 Å². The molecular weight excluding hydrogens is 240 g/mol. The molecule has 68 valence electrons. The number of carboxylic acids is 2. The zero-order chi connectivity index (χ0) is 8.15. The van der Waals surface area contributed by atoms with Crippen LogP contribution in [0, 0.1) is 0 Å². The minimum Gasteiger partial charge on any atom is -0.481 e. The van der Waals surface area contributed by atoms with Crippen molar-refractivity contribution >= 4 is 20.4 Å². The molecule has 5 nitrogen and oxygen atoms in total. The maximum absolute atomic E-state index is 9.99. The molecular formula is C5H12BNO4Zr. The molecule has 0 radical (unpaired) electrons. The van der Waals surface area contributed by atoms with E-state index in [4.69, 9.17) is 15.9 Å². The van der Waals surface area contributed by atoms with Gasteiger partial charge in [0.2, 0.25) is 0 Å². The summed E-state index contributed by atoms with van der Waals surface area (Å²) in [5.41, 5.74) is 5.00. The van der Waals surface area contributed by atoms with Gasteiger partial charge in [-0.15, -0.1) is 0 Å². The van der Waals surface area contributed by atoms with Crippen LogP contribution in [0.5, 0.6) is 0 Å². The van der Waals surface area contributed by atoms with Crippen molar-refractivity contribution in [3.63, 3.8) is 0 Å². The van der Waals surface area contributed by atoms with Crippen molar-refractivity contribution in [3.05, 3.63) is 0 Å². The first-order valence-corrected chi connectivity index (χ1v) is 2.74. The van der Waals surface area contributed by atoms with Crippen molar-refractivity contribution in [3.8, 4) is 0 Å². The van der Waals surface area contributed by atoms with Gasteiger partial charge in [-0.25, -0.2) is 0 Å². The summed E-state index contributed by atoms with van der Waals surface area (Å²) in [6.45, 7) is 0. The average Bonchev–Trinajstić information content (AvgIpc) is 1.82. The van der Waals surface area contributed by atoms with Gasteiger partial charge in [-0.2, -0.15) is 0 Å². The van der Waals surface area contributed by atoms with Crippen molar-refractivity contribution in [2.75, 3.05) is 0 Å². The standard InChI is InChI=1S/C5H9NO4.BH3.Zr/c6-3(5(9)10)1-2-4(7)8;;/h3H,1-2,6H2,(H,7,8)(H,9,10);1H3;.